The van der Waals surface area contributed by atoms with Gasteiger partial charge in [0.05, 0.1) is 30.6 Å². The summed E-state index contributed by atoms with van der Waals surface area (Å²) < 4.78 is 23.2. The van der Waals surface area contributed by atoms with Crippen molar-refractivity contribution in [2.75, 3.05) is 31.2 Å². The van der Waals surface area contributed by atoms with Gasteiger partial charge in [-0.15, -0.1) is 0 Å². The number of oxazole rings is 1. The number of hydrogen-bond donors (Lipinski definition) is 1. The Bertz CT molecular complexity index is 1060. The molecule has 0 bridgehead atoms. The lowest BCUT2D eigenvalue weighted by Gasteiger charge is -2.34. The van der Waals surface area contributed by atoms with Crippen LogP contribution >= 0.6 is 11.3 Å². The third-order valence-electron chi connectivity index (χ3n) is 6.02. The van der Waals surface area contributed by atoms with Gasteiger partial charge in [-0.25, -0.2) is 9.97 Å². The van der Waals surface area contributed by atoms with Crippen LogP contribution in [-0.2, 0) is 15.9 Å². The minimum absolute atomic E-state index is 0.176. The van der Waals surface area contributed by atoms with Crippen LogP contribution in [0.2, 0.25) is 0 Å². The quantitative estimate of drug-likeness (QED) is 0.561. The number of nitrogens with zero attached hydrogens (tertiary/aromatic N) is 3. The van der Waals surface area contributed by atoms with Crippen LogP contribution in [-0.4, -0.2) is 53.3 Å². The number of aliphatic hydroxyl groups excluding tert-OH is 1. The number of fused-ring (bicyclic) bond motifs is 1. The van der Waals surface area contributed by atoms with E-state index in [0.717, 1.165) is 28.6 Å². The third-order valence-corrected chi connectivity index (χ3v) is 7.18. The van der Waals surface area contributed by atoms with Crippen LogP contribution in [0.3, 0.4) is 0 Å². The molecule has 8 nitrogen and oxygen atoms in total. The number of hydrogen-bond acceptors (Lipinski definition) is 9. The predicted octanol–water partition coefficient (Wildman–Crippen LogP) is 4.47. The zero-order chi connectivity index (χ0) is 22.8. The fraction of sp³-hybridized carbons (Fsp3) is 0.583. The molecule has 2 aliphatic rings. The fourth-order valence-electron chi connectivity index (χ4n) is 4.16. The predicted molar refractivity (Wildman–Crippen MR) is 126 cm³/mol. The SMILES string of the molecule is CC1(C)OCC(Oc2ccc3nc(CC(O)c4cnc(N5CCCCCC5)s4)oc3c2)CO1. The van der Waals surface area contributed by atoms with Crippen LogP contribution in [0.1, 0.15) is 56.4 Å². The van der Waals surface area contributed by atoms with Crippen molar-refractivity contribution >= 4 is 27.6 Å². The summed E-state index contributed by atoms with van der Waals surface area (Å²) in [5.74, 6) is 0.591. The van der Waals surface area contributed by atoms with Gasteiger partial charge in [-0.05, 0) is 38.8 Å². The lowest BCUT2D eigenvalue weighted by molar-refractivity contribution is -0.268. The van der Waals surface area contributed by atoms with E-state index in [1.165, 1.54) is 25.7 Å². The summed E-state index contributed by atoms with van der Waals surface area (Å²) in [6.07, 6.45) is 6.16. The maximum Gasteiger partial charge on any atom is 0.198 e. The van der Waals surface area contributed by atoms with E-state index in [2.05, 4.69) is 14.9 Å². The first-order valence-electron chi connectivity index (χ1n) is 11.7. The van der Waals surface area contributed by atoms with E-state index in [4.69, 9.17) is 18.6 Å². The minimum Gasteiger partial charge on any atom is -0.485 e. The first-order chi connectivity index (χ1) is 15.9. The van der Waals surface area contributed by atoms with Crippen molar-refractivity contribution in [2.24, 2.45) is 0 Å². The Morgan fingerprint density at radius 2 is 1.94 bits per heavy atom. The Labute approximate surface area is 197 Å². The molecule has 178 valence electrons. The fourth-order valence-corrected chi connectivity index (χ4v) is 5.11. The van der Waals surface area contributed by atoms with Crippen molar-refractivity contribution in [3.63, 3.8) is 0 Å². The Balaban J connectivity index is 1.22. The second-order valence-corrected chi connectivity index (χ2v) is 10.2. The van der Waals surface area contributed by atoms with Crippen molar-refractivity contribution < 1.29 is 23.7 Å². The Kier molecular flexibility index (Phi) is 6.56. The average molecular weight is 474 g/mol. The molecule has 1 N–H and O–H groups in total. The van der Waals surface area contributed by atoms with Crippen molar-refractivity contribution in [3.05, 3.63) is 35.2 Å². The molecule has 3 aromatic rings. The summed E-state index contributed by atoms with van der Waals surface area (Å²) >= 11 is 1.56. The molecule has 0 spiro atoms. The van der Waals surface area contributed by atoms with Gasteiger partial charge in [0.15, 0.2) is 22.4 Å². The number of anilines is 1. The molecule has 33 heavy (non-hydrogen) atoms. The monoisotopic (exact) mass is 473 g/mol. The van der Waals surface area contributed by atoms with Gasteiger partial charge in [0, 0.05) is 25.4 Å². The van der Waals surface area contributed by atoms with Crippen LogP contribution in [0.25, 0.3) is 11.1 Å². The lowest BCUT2D eigenvalue weighted by atomic mass is 10.2. The lowest BCUT2D eigenvalue weighted by Crippen LogP contribution is -2.44. The number of benzene rings is 1. The van der Waals surface area contributed by atoms with Gasteiger partial charge in [-0.3, -0.25) is 0 Å². The van der Waals surface area contributed by atoms with E-state index >= 15 is 0 Å². The van der Waals surface area contributed by atoms with Crippen LogP contribution in [0, 0.1) is 0 Å². The molecule has 2 saturated heterocycles. The van der Waals surface area contributed by atoms with Crippen LogP contribution in [0.5, 0.6) is 5.75 Å². The van der Waals surface area contributed by atoms with E-state index in [0.29, 0.717) is 36.9 Å². The van der Waals surface area contributed by atoms with Gasteiger partial charge in [0.25, 0.3) is 0 Å². The molecule has 2 aromatic heterocycles. The number of ether oxygens (including phenoxy) is 3. The van der Waals surface area contributed by atoms with Gasteiger partial charge in [-0.1, -0.05) is 24.2 Å². The molecule has 1 aromatic carbocycles. The average Bonchev–Trinajstić information content (AvgIpc) is 3.34. The molecule has 0 aliphatic carbocycles. The molecule has 2 fully saturated rings. The number of aliphatic hydroxyl groups is 1. The second kappa shape index (κ2) is 9.58. The molecule has 9 heteroatoms. The molecule has 2 aliphatic heterocycles. The first kappa shape index (κ1) is 22.6. The second-order valence-electron chi connectivity index (χ2n) is 9.17. The molecule has 5 rings (SSSR count). The third kappa shape index (κ3) is 5.48. The zero-order valence-corrected chi connectivity index (χ0v) is 20.0. The number of rotatable bonds is 6. The van der Waals surface area contributed by atoms with Crippen LogP contribution in [0.15, 0.2) is 28.8 Å². The highest BCUT2D eigenvalue weighted by Gasteiger charge is 2.29. The van der Waals surface area contributed by atoms with Crippen molar-refractivity contribution in [3.8, 4) is 5.75 Å². The summed E-state index contributed by atoms with van der Waals surface area (Å²) in [5.41, 5.74) is 1.36. The van der Waals surface area contributed by atoms with Crippen molar-refractivity contribution in [2.45, 2.75) is 63.9 Å². The van der Waals surface area contributed by atoms with Crippen molar-refractivity contribution in [1.29, 1.82) is 0 Å². The highest BCUT2D eigenvalue weighted by Crippen LogP contribution is 2.31. The van der Waals surface area contributed by atoms with Gasteiger partial charge in [0.2, 0.25) is 0 Å². The molecular formula is C24H31N3O5S. The van der Waals surface area contributed by atoms with Gasteiger partial charge in [0.1, 0.15) is 17.4 Å². The van der Waals surface area contributed by atoms with Crippen LogP contribution in [0.4, 0.5) is 5.13 Å². The Hall–Kier alpha value is -2.20. The highest BCUT2D eigenvalue weighted by atomic mass is 32.1. The molecule has 0 amide bonds. The number of aromatic nitrogens is 2. The molecular weight excluding hydrogens is 442 g/mol. The van der Waals surface area contributed by atoms with E-state index in [1.54, 1.807) is 17.5 Å². The molecule has 1 unspecified atom stereocenters. The van der Waals surface area contributed by atoms with E-state index in [1.807, 2.05) is 32.0 Å². The van der Waals surface area contributed by atoms with Crippen molar-refractivity contribution in [1.82, 2.24) is 9.97 Å². The van der Waals surface area contributed by atoms with Crippen LogP contribution < -0.4 is 9.64 Å². The van der Waals surface area contributed by atoms with Gasteiger partial charge in [-0.2, -0.15) is 0 Å². The summed E-state index contributed by atoms with van der Waals surface area (Å²) in [7, 11) is 0. The number of thiazole rings is 1. The van der Waals surface area contributed by atoms with Gasteiger partial charge < -0.3 is 28.6 Å². The van der Waals surface area contributed by atoms with E-state index in [-0.39, 0.29) is 6.10 Å². The standard InChI is InChI=1S/C24H31N3O5S/c1-24(2)29-14-17(15-30-24)31-16-7-8-18-20(11-16)32-22(26-18)12-19(28)21-13-25-23(33-21)27-9-5-3-4-6-10-27/h7-8,11,13,17,19,28H,3-6,9-10,12,14-15H2,1-2H3. The topological polar surface area (TPSA) is 90.1 Å². The maximum absolute atomic E-state index is 10.8. The smallest absolute Gasteiger partial charge is 0.198 e. The Morgan fingerprint density at radius 3 is 2.70 bits per heavy atom. The zero-order valence-electron chi connectivity index (χ0n) is 19.2. The molecule has 1 atom stereocenters. The largest absolute Gasteiger partial charge is 0.485 e. The molecule has 0 saturated carbocycles. The van der Waals surface area contributed by atoms with Gasteiger partial charge >= 0.3 is 0 Å². The van der Waals surface area contributed by atoms with E-state index < -0.39 is 11.9 Å². The first-order valence-corrected chi connectivity index (χ1v) is 12.5. The summed E-state index contributed by atoms with van der Waals surface area (Å²) in [6.45, 7) is 6.79. The summed E-state index contributed by atoms with van der Waals surface area (Å²) in [6, 6.07) is 5.55. The maximum atomic E-state index is 10.8. The van der Waals surface area contributed by atoms with E-state index in [9.17, 15) is 5.11 Å². The summed E-state index contributed by atoms with van der Waals surface area (Å²) in [4.78, 5) is 12.3. The summed E-state index contributed by atoms with van der Waals surface area (Å²) in [5, 5.41) is 11.8. The molecule has 0 radical (unpaired) electrons. The minimum atomic E-state index is -0.702. The normalized spacial score (nSPS) is 20.6. The highest BCUT2D eigenvalue weighted by molar-refractivity contribution is 7.15. The Morgan fingerprint density at radius 1 is 1.18 bits per heavy atom. The molecule has 4 heterocycles.